The molecule has 2 rings (SSSR count). The number of nitrogens with two attached hydrogens (primary N) is 1. The van der Waals surface area contributed by atoms with E-state index in [1.807, 2.05) is 0 Å². The van der Waals surface area contributed by atoms with Gasteiger partial charge in [0.1, 0.15) is 10.6 Å². The number of rotatable bonds is 4. The highest BCUT2D eigenvalue weighted by atomic mass is 32.2. The van der Waals surface area contributed by atoms with Gasteiger partial charge in [0.2, 0.25) is 10.0 Å². The Hall–Kier alpha value is -1.55. The first kappa shape index (κ1) is 15.8. The van der Waals surface area contributed by atoms with Crippen LogP contribution in [0, 0.1) is 11.8 Å². The molecule has 0 atom stereocenters. The van der Waals surface area contributed by atoms with Crippen LogP contribution in [0.1, 0.15) is 31.2 Å². The van der Waals surface area contributed by atoms with E-state index in [0.717, 1.165) is 25.7 Å². The monoisotopic (exact) mass is 308 g/mol. The van der Waals surface area contributed by atoms with Crippen molar-refractivity contribution in [2.45, 2.75) is 36.6 Å². The number of hydrogen-bond acceptors (Lipinski definition) is 4. The van der Waals surface area contributed by atoms with Crippen LogP contribution in [-0.2, 0) is 10.0 Å². The van der Waals surface area contributed by atoms with Crippen LogP contribution in [0.5, 0.6) is 5.75 Å². The summed E-state index contributed by atoms with van der Waals surface area (Å²) in [5, 5.41) is 0. The molecule has 21 heavy (non-hydrogen) atoms. The smallest absolute Gasteiger partial charge is 0.244 e. The topological polar surface area (TPSA) is 81.4 Å². The van der Waals surface area contributed by atoms with Crippen LogP contribution < -0.4 is 15.2 Å². The summed E-state index contributed by atoms with van der Waals surface area (Å²) >= 11 is 0. The van der Waals surface area contributed by atoms with E-state index in [0.29, 0.717) is 11.3 Å². The second-order valence-electron chi connectivity index (χ2n) is 4.97. The summed E-state index contributed by atoms with van der Waals surface area (Å²) in [5.74, 6) is 5.87. The van der Waals surface area contributed by atoms with Gasteiger partial charge >= 0.3 is 0 Å². The molecule has 1 aromatic carbocycles. The van der Waals surface area contributed by atoms with Crippen molar-refractivity contribution in [3.8, 4) is 17.6 Å². The van der Waals surface area contributed by atoms with Gasteiger partial charge in [-0.05, 0) is 31.0 Å². The number of nitrogens with one attached hydrogen (secondary N) is 1. The molecule has 0 saturated heterocycles. The summed E-state index contributed by atoms with van der Waals surface area (Å²) in [6.07, 6.45) is 3.89. The van der Waals surface area contributed by atoms with Crippen LogP contribution in [0.25, 0.3) is 0 Å². The highest BCUT2D eigenvalue weighted by Crippen LogP contribution is 2.27. The number of ether oxygens (including phenoxy) is 1. The number of hydrogen-bond donors (Lipinski definition) is 2. The lowest BCUT2D eigenvalue weighted by Crippen LogP contribution is -2.32. The fourth-order valence-electron chi connectivity index (χ4n) is 2.44. The van der Waals surface area contributed by atoms with Crippen molar-refractivity contribution in [1.29, 1.82) is 0 Å². The van der Waals surface area contributed by atoms with Gasteiger partial charge in [0.25, 0.3) is 0 Å². The first-order valence-corrected chi connectivity index (χ1v) is 8.44. The Balaban J connectivity index is 2.34. The lowest BCUT2D eigenvalue weighted by Gasteiger charge is -2.15. The first-order valence-electron chi connectivity index (χ1n) is 6.96. The minimum Gasteiger partial charge on any atom is -0.495 e. The second-order valence-corrected chi connectivity index (χ2v) is 6.66. The molecule has 6 heteroatoms. The highest BCUT2D eigenvalue weighted by molar-refractivity contribution is 7.89. The third-order valence-electron chi connectivity index (χ3n) is 3.46. The molecule has 0 aromatic heterocycles. The lowest BCUT2D eigenvalue weighted by molar-refractivity contribution is 0.402. The van der Waals surface area contributed by atoms with Gasteiger partial charge in [-0.2, -0.15) is 0 Å². The summed E-state index contributed by atoms with van der Waals surface area (Å²) in [4.78, 5) is 0.126. The van der Waals surface area contributed by atoms with E-state index in [1.165, 1.54) is 13.2 Å². The lowest BCUT2D eigenvalue weighted by atomic mass is 10.2. The van der Waals surface area contributed by atoms with Crippen LogP contribution in [-0.4, -0.2) is 28.1 Å². The molecule has 3 N–H and O–H groups in total. The van der Waals surface area contributed by atoms with Crippen molar-refractivity contribution < 1.29 is 13.2 Å². The highest BCUT2D eigenvalue weighted by Gasteiger charge is 2.25. The molecule has 0 heterocycles. The van der Waals surface area contributed by atoms with Crippen LogP contribution in [0.15, 0.2) is 23.1 Å². The molecule has 0 spiro atoms. The number of benzene rings is 1. The minimum atomic E-state index is -3.61. The van der Waals surface area contributed by atoms with Gasteiger partial charge in [-0.25, -0.2) is 13.1 Å². The van der Waals surface area contributed by atoms with Gasteiger partial charge in [-0.1, -0.05) is 24.7 Å². The van der Waals surface area contributed by atoms with E-state index in [4.69, 9.17) is 10.5 Å². The van der Waals surface area contributed by atoms with Gasteiger partial charge in [0, 0.05) is 11.6 Å². The fourth-order valence-corrected chi connectivity index (χ4v) is 3.94. The fraction of sp³-hybridized carbons (Fsp3) is 0.467. The van der Waals surface area contributed by atoms with E-state index in [-0.39, 0.29) is 17.5 Å². The molecule has 0 radical (unpaired) electrons. The molecule has 5 nitrogen and oxygen atoms in total. The van der Waals surface area contributed by atoms with Crippen molar-refractivity contribution in [2.75, 3.05) is 13.7 Å². The maximum absolute atomic E-state index is 12.5. The summed E-state index contributed by atoms with van der Waals surface area (Å²) in [7, 11) is -2.15. The molecular weight excluding hydrogens is 288 g/mol. The molecular formula is C15H20N2O3S. The molecule has 1 fully saturated rings. The first-order chi connectivity index (χ1) is 10.1. The zero-order valence-electron chi connectivity index (χ0n) is 12.1. The minimum absolute atomic E-state index is 0.0125. The summed E-state index contributed by atoms with van der Waals surface area (Å²) < 4.78 is 33.0. The number of methoxy groups -OCH3 is 1. The Morgan fingerprint density at radius 3 is 2.71 bits per heavy atom. The maximum Gasteiger partial charge on any atom is 0.244 e. The number of sulfonamides is 1. The van der Waals surface area contributed by atoms with E-state index in [2.05, 4.69) is 16.6 Å². The van der Waals surface area contributed by atoms with E-state index in [9.17, 15) is 8.42 Å². The van der Waals surface area contributed by atoms with Crippen LogP contribution in [0.2, 0.25) is 0 Å². The normalized spacial score (nSPS) is 15.5. The standard InChI is InChI=1S/C15H20N2O3S/c1-20-14-9-8-12(5-4-10-16)11-15(14)21(18,19)17-13-6-2-3-7-13/h8-9,11,13,17H,2-3,6-7,10,16H2,1H3. The molecule has 0 bridgehead atoms. The average molecular weight is 308 g/mol. The van der Waals surface area contributed by atoms with Crippen LogP contribution in [0.3, 0.4) is 0 Å². The molecule has 0 aliphatic heterocycles. The Kier molecular flexibility index (Phi) is 5.23. The van der Waals surface area contributed by atoms with E-state index < -0.39 is 10.0 Å². The molecule has 1 aliphatic rings. The SMILES string of the molecule is COc1ccc(C#CCN)cc1S(=O)(=O)NC1CCCC1. The van der Waals surface area contributed by atoms with Crippen molar-refractivity contribution in [1.82, 2.24) is 4.72 Å². The summed E-state index contributed by atoms with van der Waals surface area (Å²) in [5.41, 5.74) is 5.94. The molecule has 1 aliphatic carbocycles. The third kappa shape index (κ3) is 3.97. The van der Waals surface area contributed by atoms with Gasteiger partial charge in [0.15, 0.2) is 0 Å². The quantitative estimate of drug-likeness (QED) is 0.820. The molecule has 0 unspecified atom stereocenters. The van der Waals surface area contributed by atoms with Crippen molar-refractivity contribution in [3.63, 3.8) is 0 Å². The van der Waals surface area contributed by atoms with E-state index >= 15 is 0 Å². The molecule has 1 aromatic rings. The predicted molar refractivity (Wildman–Crippen MR) is 81.5 cm³/mol. The Morgan fingerprint density at radius 1 is 1.38 bits per heavy atom. The van der Waals surface area contributed by atoms with Crippen molar-refractivity contribution in [3.05, 3.63) is 23.8 Å². The van der Waals surface area contributed by atoms with Crippen molar-refractivity contribution in [2.24, 2.45) is 5.73 Å². The van der Waals surface area contributed by atoms with E-state index in [1.54, 1.807) is 12.1 Å². The van der Waals surface area contributed by atoms with Gasteiger partial charge in [-0.3, -0.25) is 0 Å². The largest absolute Gasteiger partial charge is 0.495 e. The van der Waals surface area contributed by atoms with Gasteiger partial charge in [0.05, 0.1) is 13.7 Å². The van der Waals surface area contributed by atoms with Gasteiger partial charge < -0.3 is 10.5 Å². The molecule has 114 valence electrons. The zero-order chi connectivity index (χ0) is 15.3. The zero-order valence-corrected chi connectivity index (χ0v) is 12.9. The average Bonchev–Trinajstić information content (AvgIpc) is 2.97. The molecule has 0 amide bonds. The second kappa shape index (κ2) is 6.94. The van der Waals surface area contributed by atoms with Crippen LogP contribution >= 0.6 is 0 Å². The van der Waals surface area contributed by atoms with Crippen LogP contribution in [0.4, 0.5) is 0 Å². The maximum atomic E-state index is 12.5. The van der Waals surface area contributed by atoms with Gasteiger partial charge in [-0.15, -0.1) is 0 Å². The summed E-state index contributed by atoms with van der Waals surface area (Å²) in [6, 6.07) is 4.87. The Labute approximate surface area is 125 Å². The Bertz CT molecular complexity index is 653. The molecule has 1 saturated carbocycles. The predicted octanol–water partition coefficient (Wildman–Crippen LogP) is 1.23. The third-order valence-corrected chi connectivity index (χ3v) is 5.01. The summed E-state index contributed by atoms with van der Waals surface area (Å²) in [6.45, 7) is 0.231. The Morgan fingerprint density at radius 2 is 2.10 bits per heavy atom. The van der Waals surface area contributed by atoms with Crippen molar-refractivity contribution >= 4 is 10.0 Å².